The van der Waals surface area contributed by atoms with E-state index in [-0.39, 0.29) is 30.2 Å². The Balaban J connectivity index is 2.51. The van der Waals surface area contributed by atoms with Crippen LogP contribution < -0.4 is 0 Å². The fraction of sp³-hybridized carbons (Fsp3) is 0.267. The van der Waals surface area contributed by atoms with Crippen molar-refractivity contribution in [2.75, 3.05) is 13.2 Å². The summed E-state index contributed by atoms with van der Waals surface area (Å²) in [6.45, 7) is 3.70. The molecule has 1 aromatic carbocycles. The van der Waals surface area contributed by atoms with Gasteiger partial charge in [0, 0.05) is 5.56 Å². The molecule has 0 aliphatic rings. The molecule has 6 heteroatoms. The second-order valence-electron chi connectivity index (χ2n) is 4.04. The van der Waals surface area contributed by atoms with E-state index in [1.54, 1.807) is 38.1 Å². The average Bonchev–Trinajstić information content (AvgIpc) is 2.93. The molecule has 0 bridgehead atoms. The van der Waals surface area contributed by atoms with Gasteiger partial charge in [-0.2, -0.15) is 0 Å². The molecule has 0 saturated carbocycles. The number of hydrogen-bond acceptors (Lipinski definition) is 6. The number of hydrogen-bond donors (Lipinski definition) is 0. The fourth-order valence-corrected chi connectivity index (χ4v) is 1.81. The Bertz CT molecular complexity index is 633. The largest absolute Gasteiger partial charge is 0.462 e. The quantitative estimate of drug-likeness (QED) is 0.787. The van der Waals surface area contributed by atoms with E-state index in [0.29, 0.717) is 5.56 Å². The predicted octanol–water partition coefficient (Wildman–Crippen LogP) is 2.70. The highest BCUT2D eigenvalue weighted by atomic mass is 16.5. The smallest absolute Gasteiger partial charge is 0.361 e. The minimum atomic E-state index is -0.716. The molecule has 0 unspecified atom stereocenters. The van der Waals surface area contributed by atoms with Gasteiger partial charge in [-0.15, -0.1) is 0 Å². The summed E-state index contributed by atoms with van der Waals surface area (Å²) >= 11 is 0. The van der Waals surface area contributed by atoms with E-state index in [0.717, 1.165) is 0 Å². The van der Waals surface area contributed by atoms with Gasteiger partial charge in [-0.25, -0.2) is 9.59 Å². The molecular weight excluding hydrogens is 274 g/mol. The number of aromatic nitrogens is 1. The van der Waals surface area contributed by atoms with E-state index in [1.165, 1.54) is 0 Å². The Morgan fingerprint density at radius 3 is 2.29 bits per heavy atom. The van der Waals surface area contributed by atoms with Crippen molar-refractivity contribution in [2.45, 2.75) is 13.8 Å². The van der Waals surface area contributed by atoms with Gasteiger partial charge in [0.15, 0.2) is 5.76 Å². The van der Waals surface area contributed by atoms with Gasteiger partial charge in [-0.3, -0.25) is 0 Å². The Morgan fingerprint density at radius 2 is 1.67 bits per heavy atom. The highest BCUT2D eigenvalue weighted by molar-refractivity contribution is 6.05. The van der Waals surface area contributed by atoms with Crippen LogP contribution >= 0.6 is 0 Å². The number of carbonyl (C=O) groups is 2. The van der Waals surface area contributed by atoms with Crippen LogP contribution in [0.5, 0.6) is 0 Å². The summed E-state index contributed by atoms with van der Waals surface area (Å²) in [4.78, 5) is 24.0. The second kappa shape index (κ2) is 6.69. The molecule has 0 aliphatic carbocycles. The van der Waals surface area contributed by atoms with Gasteiger partial charge in [0.25, 0.3) is 0 Å². The molecule has 0 spiro atoms. The van der Waals surface area contributed by atoms with Crippen LogP contribution in [0.4, 0.5) is 0 Å². The lowest BCUT2D eigenvalue weighted by molar-refractivity contribution is 0.0475. The first kappa shape index (κ1) is 14.8. The molecule has 0 radical (unpaired) electrons. The molecule has 2 aromatic rings. The standard InChI is InChI=1S/C15H15NO5/c1-3-19-14(17)11-12(15(18)20-4-2)16-21-13(11)10-8-6-5-7-9-10/h5-9H,3-4H2,1-2H3. The van der Waals surface area contributed by atoms with Gasteiger partial charge in [-0.05, 0) is 13.8 Å². The summed E-state index contributed by atoms with van der Waals surface area (Å²) in [6.07, 6.45) is 0. The van der Waals surface area contributed by atoms with Gasteiger partial charge in [0.1, 0.15) is 5.56 Å². The summed E-state index contributed by atoms with van der Waals surface area (Å²) in [5, 5.41) is 3.66. The maximum Gasteiger partial charge on any atom is 0.361 e. The van der Waals surface area contributed by atoms with Crippen molar-refractivity contribution in [3.63, 3.8) is 0 Å². The third kappa shape index (κ3) is 3.10. The van der Waals surface area contributed by atoms with Gasteiger partial charge >= 0.3 is 11.9 Å². The van der Waals surface area contributed by atoms with Crippen molar-refractivity contribution in [1.29, 1.82) is 0 Å². The van der Waals surface area contributed by atoms with Crippen LogP contribution in [0.15, 0.2) is 34.9 Å². The van der Waals surface area contributed by atoms with E-state index in [9.17, 15) is 9.59 Å². The normalized spacial score (nSPS) is 10.2. The zero-order valence-electron chi connectivity index (χ0n) is 11.8. The zero-order chi connectivity index (χ0) is 15.2. The lowest BCUT2D eigenvalue weighted by Crippen LogP contribution is -2.13. The lowest BCUT2D eigenvalue weighted by atomic mass is 10.1. The maximum atomic E-state index is 12.1. The average molecular weight is 289 g/mol. The number of esters is 2. The first-order valence-corrected chi connectivity index (χ1v) is 6.58. The lowest BCUT2D eigenvalue weighted by Gasteiger charge is -2.04. The van der Waals surface area contributed by atoms with Crippen molar-refractivity contribution in [3.05, 3.63) is 41.6 Å². The molecule has 1 aromatic heterocycles. The molecule has 0 amide bonds. The van der Waals surface area contributed by atoms with Crippen LogP contribution in [0, 0.1) is 0 Å². The molecule has 110 valence electrons. The van der Waals surface area contributed by atoms with Crippen LogP contribution in [0.2, 0.25) is 0 Å². The summed E-state index contributed by atoms with van der Waals surface area (Å²) in [5.74, 6) is -1.19. The molecule has 6 nitrogen and oxygen atoms in total. The van der Waals surface area contributed by atoms with Crippen LogP contribution in [0.25, 0.3) is 11.3 Å². The SMILES string of the molecule is CCOC(=O)c1noc(-c2ccccc2)c1C(=O)OCC. The molecule has 1 heterocycles. The monoisotopic (exact) mass is 289 g/mol. The summed E-state index contributed by atoms with van der Waals surface area (Å²) in [5.41, 5.74) is 0.444. The third-order valence-corrected chi connectivity index (χ3v) is 2.68. The van der Waals surface area contributed by atoms with Crippen molar-refractivity contribution < 1.29 is 23.6 Å². The predicted molar refractivity (Wildman–Crippen MR) is 73.9 cm³/mol. The molecule has 21 heavy (non-hydrogen) atoms. The molecule has 0 saturated heterocycles. The molecule has 0 fully saturated rings. The minimum absolute atomic E-state index is 0.0125. The number of nitrogens with zero attached hydrogens (tertiary/aromatic N) is 1. The molecular formula is C15H15NO5. The first-order chi connectivity index (χ1) is 10.2. The van der Waals surface area contributed by atoms with E-state index < -0.39 is 11.9 Å². The number of benzene rings is 1. The number of carbonyl (C=O) groups excluding carboxylic acids is 2. The molecule has 0 N–H and O–H groups in total. The van der Waals surface area contributed by atoms with Crippen LogP contribution in [0.1, 0.15) is 34.7 Å². The Labute approximate surface area is 121 Å². The summed E-state index contributed by atoms with van der Waals surface area (Å²) in [7, 11) is 0. The highest BCUT2D eigenvalue weighted by Gasteiger charge is 2.30. The van der Waals surface area contributed by atoms with E-state index >= 15 is 0 Å². The van der Waals surface area contributed by atoms with Gasteiger partial charge in [0.2, 0.25) is 5.69 Å². The fourth-order valence-electron chi connectivity index (χ4n) is 1.81. The topological polar surface area (TPSA) is 78.6 Å². The van der Waals surface area contributed by atoms with Crippen molar-refractivity contribution in [3.8, 4) is 11.3 Å². The van der Waals surface area contributed by atoms with E-state index in [2.05, 4.69) is 5.16 Å². The summed E-state index contributed by atoms with van der Waals surface area (Å²) < 4.78 is 15.0. The Kier molecular flexibility index (Phi) is 4.71. The van der Waals surface area contributed by atoms with Gasteiger partial charge in [-0.1, -0.05) is 35.5 Å². The van der Waals surface area contributed by atoms with Crippen LogP contribution in [-0.2, 0) is 9.47 Å². The van der Waals surface area contributed by atoms with E-state index in [4.69, 9.17) is 14.0 Å². The maximum absolute atomic E-state index is 12.1. The first-order valence-electron chi connectivity index (χ1n) is 6.58. The number of ether oxygens (including phenoxy) is 2. The van der Waals surface area contributed by atoms with E-state index in [1.807, 2.05) is 6.07 Å². The second-order valence-corrected chi connectivity index (χ2v) is 4.04. The van der Waals surface area contributed by atoms with Crippen molar-refractivity contribution >= 4 is 11.9 Å². The zero-order valence-corrected chi connectivity index (χ0v) is 11.8. The van der Waals surface area contributed by atoms with Crippen LogP contribution in [-0.4, -0.2) is 30.3 Å². The van der Waals surface area contributed by atoms with Crippen molar-refractivity contribution in [1.82, 2.24) is 5.16 Å². The summed E-state index contributed by atoms with van der Waals surface area (Å²) in [6, 6.07) is 8.90. The van der Waals surface area contributed by atoms with Crippen LogP contribution in [0.3, 0.4) is 0 Å². The third-order valence-electron chi connectivity index (χ3n) is 2.68. The van der Waals surface area contributed by atoms with Crippen molar-refractivity contribution in [2.24, 2.45) is 0 Å². The Hall–Kier alpha value is -2.63. The number of rotatable bonds is 5. The van der Waals surface area contributed by atoms with Gasteiger partial charge in [0.05, 0.1) is 13.2 Å². The van der Waals surface area contributed by atoms with Gasteiger partial charge < -0.3 is 14.0 Å². The molecule has 0 aliphatic heterocycles. The molecule has 2 rings (SSSR count). The Morgan fingerprint density at radius 1 is 1.05 bits per heavy atom. The molecule has 0 atom stereocenters. The minimum Gasteiger partial charge on any atom is -0.462 e. The highest BCUT2D eigenvalue weighted by Crippen LogP contribution is 2.27.